The van der Waals surface area contributed by atoms with Gasteiger partial charge in [-0.25, -0.2) is 0 Å². The standard InChI is InChI=1S/C19H13F3O3S2/c20-19(21,22)17-8-4-5-9-18(17)27(23,24)25-14-10-12-16(13-11-14)26-15-6-2-1-3-7-15/h1-13H. The van der Waals surface area contributed by atoms with Gasteiger partial charge >= 0.3 is 16.3 Å². The van der Waals surface area contributed by atoms with E-state index in [1.807, 2.05) is 30.3 Å². The third-order valence-electron chi connectivity index (χ3n) is 3.47. The van der Waals surface area contributed by atoms with E-state index in [2.05, 4.69) is 0 Å². The van der Waals surface area contributed by atoms with Gasteiger partial charge in [0.15, 0.2) is 0 Å². The van der Waals surface area contributed by atoms with E-state index in [0.29, 0.717) is 6.07 Å². The van der Waals surface area contributed by atoms with Gasteiger partial charge in [-0.15, -0.1) is 0 Å². The van der Waals surface area contributed by atoms with Crippen LogP contribution in [0.3, 0.4) is 0 Å². The first-order valence-electron chi connectivity index (χ1n) is 7.69. The van der Waals surface area contributed by atoms with Gasteiger partial charge in [0.1, 0.15) is 10.6 Å². The van der Waals surface area contributed by atoms with Crippen LogP contribution in [0.1, 0.15) is 5.56 Å². The minimum absolute atomic E-state index is 0.0654. The van der Waals surface area contributed by atoms with Crippen LogP contribution >= 0.6 is 11.8 Å². The lowest BCUT2D eigenvalue weighted by Gasteiger charge is -2.13. The molecule has 27 heavy (non-hydrogen) atoms. The van der Waals surface area contributed by atoms with Crippen molar-refractivity contribution in [3.8, 4) is 5.75 Å². The van der Waals surface area contributed by atoms with Crippen molar-refractivity contribution in [3.05, 3.63) is 84.4 Å². The molecule has 0 saturated heterocycles. The molecule has 0 unspecified atom stereocenters. The molecule has 0 aliphatic carbocycles. The maximum Gasteiger partial charge on any atom is 0.417 e. The van der Waals surface area contributed by atoms with Crippen LogP contribution in [0.25, 0.3) is 0 Å². The lowest BCUT2D eigenvalue weighted by Crippen LogP contribution is -2.17. The summed E-state index contributed by atoms with van der Waals surface area (Å²) in [5.74, 6) is -0.0654. The van der Waals surface area contributed by atoms with Crippen LogP contribution in [-0.2, 0) is 16.3 Å². The Balaban J connectivity index is 1.81. The molecule has 0 aromatic heterocycles. The van der Waals surface area contributed by atoms with Gasteiger partial charge in [0.2, 0.25) is 0 Å². The van der Waals surface area contributed by atoms with E-state index in [0.717, 1.165) is 21.9 Å². The van der Waals surface area contributed by atoms with Gasteiger partial charge in [0.25, 0.3) is 0 Å². The van der Waals surface area contributed by atoms with E-state index in [1.54, 1.807) is 12.1 Å². The Morgan fingerprint density at radius 3 is 1.93 bits per heavy atom. The number of rotatable bonds is 5. The molecule has 0 N–H and O–H groups in total. The molecule has 0 aliphatic rings. The Labute approximate surface area is 158 Å². The molecule has 0 spiro atoms. The summed E-state index contributed by atoms with van der Waals surface area (Å²) in [5, 5.41) is 0. The highest BCUT2D eigenvalue weighted by Crippen LogP contribution is 2.35. The van der Waals surface area contributed by atoms with Crippen molar-refractivity contribution < 1.29 is 25.8 Å². The summed E-state index contributed by atoms with van der Waals surface area (Å²) in [6.07, 6.45) is -4.80. The summed E-state index contributed by atoms with van der Waals surface area (Å²) < 4.78 is 68.7. The molecule has 3 aromatic rings. The summed E-state index contributed by atoms with van der Waals surface area (Å²) in [6.45, 7) is 0. The first kappa shape index (κ1) is 19.3. The molecule has 0 aliphatic heterocycles. The van der Waals surface area contributed by atoms with Crippen LogP contribution in [0.2, 0.25) is 0 Å². The molecule has 3 aromatic carbocycles. The average Bonchev–Trinajstić information content (AvgIpc) is 2.63. The molecule has 0 heterocycles. The number of hydrogen-bond acceptors (Lipinski definition) is 4. The zero-order valence-electron chi connectivity index (χ0n) is 13.7. The number of alkyl halides is 3. The average molecular weight is 410 g/mol. The second kappa shape index (κ2) is 7.66. The van der Waals surface area contributed by atoms with E-state index in [9.17, 15) is 21.6 Å². The van der Waals surface area contributed by atoms with E-state index in [-0.39, 0.29) is 5.75 Å². The minimum atomic E-state index is -4.80. The van der Waals surface area contributed by atoms with Crippen molar-refractivity contribution in [2.75, 3.05) is 0 Å². The molecule has 0 amide bonds. The Bertz CT molecular complexity index is 1020. The third-order valence-corrected chi connectivity index (χ3v) is 5.79. The van der Waals surface area contributed by atoms with Crippen molar-refractivity contribution in [3.63, 3.8) is 0 Å². The first-order chi connectivity index (χ1) is 12.8. The van der Waals surface area contributed by atoms with Crippen LogP contribution in [0, 0.1) is 0 Å². The fraction of sp³-hybridized carbons (Fsp3) is 0.0526. The van der Waals surface area contributed by atoms with Crippen molar-refractivity contribution >= 4 is 21.9 Å². The molecule has 3 nitrogen and oxygen atoms in total. The fourth-order valence-electron chi connectivity index (χ4n) is 2.28. The molecule has 0 radical (unpaired) electrons. The van der Waals surface area contributed by atoms with Crippen molar-refractivity contribution in [1.29, 1.82) is 0 Å². The summed E-state index contributed by atoms with van der Waals surface area (Å²) >= 11 is 1.46. The van der Waals surface area contributed by atoms with Gasteiger partial charge < -0.3 is 4.18 Å². The molecule has 0 bridgehead atoms. The third kappa shape index (κ3) is 4.84. The summed E-state index contributed by atoms with van der Waals surface area (Å²) in [6, 6.07) is 19.5. The van der Waals surface area contributed by atoms with Gasteiger partial charge in [-0.3, -0.25) is 0 Å². The molecule has 3 rings (SSSR count). The molecule has 0 fully saturated rings. The van der Waals surface area contributed by atoms with Gasteiger partial charge in [0.05, 0.1) is 5.56 Å². The maximum atomic E-state index is 13.1. The quantitative estimate of drug-likeness (QED) is 0.512. The SMILES string of the molecule is O=S(=O)(Oc1ccc(Sc2ccccc2)cc1)c1ccccc1C(F)(F)F. The number of benzene rings is 3. The molecular formula is C19H13F3O3S2. The summed E-state index contributed by atoms with van der Waals surface area (Å²) in [4.78, 5) is 0.916. The van der Waals surface area contributed by atoms with E-state index in [4.69, 9.17) is 4.18 Å². The monoisotopic (exact) mass is 410 g/mol. The Morgan fingerprint density at radius 2 is 1.30 bits per heavy atom. The predicted octanol–water partition coefficient (Wildman–Crippen LogP) is 5.62. The van der Waals surface area contributed by atoms with Crippen LogP contribution < -0.4 is 4.18 Å². The fourth-order valence-corrected chi connectivity index (χ4v) is 4.27. The second-order valence-electron chi connectivity index (χ2n) is 5.42. The maximum absolute atomic E-state index is 13.1. The number of hydrogen-bond donors (Lipinski definition) is 0. The van der Waals surface area contributed by atoms with Crippen molar-refractivity contribution in [1.82, 2.24) is 0 Å². The summed E-state index contributed by atoms with van der Waals surface area (Å²) in [7, 11) is -4.63. The van der Waals surface area contributed by atoms with Crippen LogP contribution in [0.15, 0.2) is 93.5 Å². The van der Waals surface area contributed by atoms with E-state index < -0.39 is 26.8 Å². The van der Waals surface area contributed by atoms with Crippen LogP contribution in [-0.4, -0.2) is 8.42 Å². The first-order valence-corrected chi connectivity index (χ1v) is 9.92. The number of halogens is 3. The van der Waals surface area contributed by atoms with E-state index >= 15 is 0 Å². The molecule has 140 valence electrons. The zero-order valence-corrected chi connectivity index (χ0v) is 15.3. The highest BCUT2D eigenvalue weighted by Gasteiger charge is 2.37. The largest absolute Gasteiger partial charge is 0.417 e. The predicted molar refractivity (Wildman–Crippen MR) is 96.3 cm³/mol. The minimum Gasteiger partial charge on any atom is -0.379 e. The lowest BCUT2D eigenvalue weighted by molar-refractivity contribution is -0.139. The van der Waals surface area contributed by atoms with Gasteiger partial charge in [-0.05, 0) is 48.5 Å². The van der Waals surface area contributed by atoms with E-state index in [1.165, 1.54) is 30.0 Å². The van der Waals surface area contributed by atoms with Gasteiger partial charge in [0, 0.05) is 9.79 Å². The second-order valence-corrected chi connectivity index (χ2v) is 8.08. The Kier molecular flexibility index (Phi) is 5.48. The topological polar surface area (TPSA) is 43.4 Å². The zero-order chi connectivity index (χ0) is 19.5. The van der Waals surface area contributed by atoms with Gasteiger partial charge in [-0.1, -0.05) is 42.1 Å². The normalized spacial score (nSPS) is 12.0. The highest BCUT2D eigenvalue weighted by molar-refractivity contribution is 7.99. The lowest BCUT2D eigenvalue weighted by atomic mass is 10.2. The van der Waals surface area contributed by atoms with Gasteiger partial charge in [-0.2, -0.15) is 21.6 Å². The van der Waals surface area contributed by atoms with Crippen LogP contribution in [0.5, 0.6) is 5.75 Å². The summed E-state index contributed by atoms with van der Waals surface area (Å²) in [5.41, 5.74) is -1.26. The Hall–Kier alpha value is -2.45. The van der Waals surface area contributed by atoms with Crippen molar-refractivity contribution in [2.45, 2.75) is 20.9 Å². The molecule has 8 heteroatoms. The molecule has 0 atom stereocenters. The molecular weight excluding hydrogens is 397 g/mol. The van der Waals surface area contributed by atoms with Crippen LogP contribution in [0.4, 0.5) is 13.2 Å². The van der Waals surface area contributed by atoms with Crippen molar-refractivity contribution in [2.24, 2.45) is 0 Å². The Morgan fingerprint density at radius 1 is 0.741 bits per heavy atom. The molecule has 0 saturated carbocycles. The highest BCUT2D eigenvalue weighted by atomic mass is 32.2. The smallest absolute Gasteiger partial charge is 0.379 e.